The van der Waals surface area contributed by atoms with Gasteiger partial charge in [0.15, 0.2) is 5.82 Å². The number of nitrogens with zero attached hydrogens (tertiary/aromatic N) is 4. The zero-order valence-electron chi connectivity index (χ0n) is 27.0. The van der Waals surface area contributed by atoms with Crippen LogP contribution in [0.5, 0.6) is 0 Å². The lowest BCUT2D eigenvalue weighted by atomic mass is 9.51. The number of hydrogen-bond donors (Lipinski definition) is 2. The SMILES string of the molecule is CC1=C2C[C@H]3C(CC[C@@H]4CC(=O)CC[C@@]43C)C2(C)CC[C@@]2(C1)O[C@@H]1C[C@H](C)CN(CCNC(=O)Cc3nnn[nH]3)[C@H]1[C@H]2C. The fourth-order valence-electron chi connectivity index (χ4n) is 11.5. The van der Waals surface area contributed by atoms with Gasteiger partial charge in [0, 0.05) is 44.4 Å². The number of H-pyrrole nitrogens is 1. The molecule has 43 heavy (non-hydrogen) atoms. The summed E-state index contributed by atoms with van der Waals surface area (Å²) in [6.45, 7) is 14.9. The number of Topliss-reactive ketones (excluding diaryl/α,β-unsaturated/α-hetero) is 1. The molecule has 1 amide bonds. The van der Waals surface area contributed by atoms with Crippen molar-refractivity contribution in [1.82, 2.24) is 30.8 Å². The minimum absolute atomic E-state index is 0.0563. The van der Waals surface area contributed by atoms with Gasteiger partial charge in [-0.2, -0.15) is 0 Å². The Kier molecular flexibility index (Phi) is 7.39. The maximum atomic E-state index is 12.5. The van der Waals surface area contributed by atoms with Crippen molar-refractivity contribution >= 4 is 11.7 Å². The molecule has 3 heterocycles. The van der Waals surface area contributed by atoms with Crippen LogP contribution in [0.15, 0.2) is 11.1 Å². The summed E-state index contributed by atoms with van der Waals surface area (Å²) in [5.74, 6) is 3.98. The van der Waals surface area contributed by atoms with E-state index >= 15 is 0 Å². The Morgan fingerprint density at radius 1 is 1.14 bits per heavy atom. The van der Waals surface area contributed by atoms with Crippen LogP contribution in [0.3, 0.4) is 0 Å². The van der Waals surface area contributed by atoms with E-state index in [0.29, 0.717) is 47.4 Å². The quantitative estimate of drug-likeness (QED) is 0.479. The number of likely N-dealkylation sites (tertiary alicyclic amines) is 1. The topological polar surface area (TPSA) is 113 Å². The summed E-state index contributed by atoms with van der Waals surface area (Å²) in [5.41, 5.74) is 3.81. The molecule has 0 aromatic carbocycles. The van der Waals surface area contributed by atoms with Gasteiger partial charge in [-0.05, 0) is 103 Å². The highest BCUT2D eigenvalue weighted by molar-refractivity contribution is 5.79. The van der Waals surface area contributed by atoms with Gasteiger partial charge in [-0.3, -0.25) is 14.5 Å². The van der Waals surface area contributed by atoms with E-state index in [4.69, 9.17) is 4.74 Å². The molecule has 236 valence electrons. The third-order valence-corrected chi connectivity index (χ3v) is 13.7. The summed E-state index contributed by atoms with van der Waals surface area (Å²) in [7, 11) is 0. The Balaban J connectivity index is 1.07. The smallest absolute Gasteiger partial charge is 0.227 e. The molecule has 6 aliphatic rings. The number of ether oxygens (including phenoxy) is 1. The van der Waals surface area contributed by atoms with E-state index in [1.807, 2.05) is 0 Å². The van der Waals surface area contributed by atoms with Crippen LogP contribution in [0.25, 0.3) is 0 Å². The Hall–Kier alpha value is -2.13. The number of aromatic amines is 1. The zero-order valence-corrected chi connectivity index (χ0v) is 27.0. The Bertz CT molecular complexity index is 1280. The van der Waals surface area contributed by atoms with Crippen LogP contribution >= 0.6 is 0 Å². The molecule has 1 spiro atoms. The number of rotatable bonds is 5. The number of piperidine rings is 1. The van der Waals surface area contributed by atoms with Crippen molar-refractivity contribution in [3.63, 3.8) is 0 Å². The molecule has 3 saturated carbocycles. The van der Waals surface area contributed by atoms with Crippen LogP contribution in [0.2, 0.25) is 0 Å². The van der Waals surface area contributed by atoms with Crippen molar-refractivity contribution in [2.75, 3.05) is 19.6 Å². The number of carbonyl (C=O) groups excluding carboxylic acids is 2. The molecule has 2 N–H and O–H groups in total. The van der Waals surface area contributed by atoms with Gasteiger partial charge in [0.1, 0.15) is 5.78 Å². The number of tetrazole rings is 1. The first-order valence-corrected chi connectivity index (χ1v) is 17.1. The van der Waals surface area contributed by atoms with Crippen LogP contribution in [-0.2, 0) is 20.7 Å². The fraction of sp³-hybridized carbons (Fsp3) is 0.853. The number of fused-ring (bicyclic) bond motifs is 6. The van der Waals surface area contributed by atoms with E-state index in [0.717, 1.165) is 63.5 Å². The van der Waals surface area contributed by atoms with Crippen molar-refractivity contribution in [3.8, 4) is 0 Å². The average Bonchev–Trinajstić information content (AvgIpc) is 3.62. The van der Waals surface area contributed by atoms with Crippen molar-refractivity contribution in [1.29, 1.82) is 0 Å². The van der Waals surface area contributed by atoms with E-state index in [9.17, 15) is 9.59 Å². The first kappa shape index (κ1) is 29.6. The molecule has 0 radical (unpaired) electrons. The molecule has 2 aliphatic heterocycles. The van der Waals surface area contributed by atoms with Gasteiger partial charge >= 0.3 is 0 Å². The molecule has 2 unspecified atom stereocenters. The predicted octanol–water partition coefficient (Wildman–Crippen LogP) is 4.65. The van der Waals surface area contributed by atoms with E-state index in [2.05, 4.69) is 65.5 Å². The third-order valence-electron chi connectivity index (χ3n) is 13.7. The summed E-state index contributed by atoms with van der Waals surface area (Å²) in [4.78, 5) is 27.5. The van der Waals surface area contributed by atoms with Crippen LogP contribution in [0.4, 0.5) is 0 Å². The molecular weight excluding hydrogens is 540 g/mol. The molecule has 7 rings (SSSR count). The maximum absolute atomic E-state index is 12.5. The molecular formula is C34H52N6O3. The average molecular weight is 593 g/mol. The first-order chi connectivity index (χ1) is 20.5. The monoisotopic (exact) mass is 592 g/mol. The standard InChI is InChI=1S/C34H52N6O3/c1-20-14-28-31(40(19-20)13-12-35-30(42)17-29-36-38-39-37-29)22(3)34(43-28)11-10-33(5)25-7-6-23-15-24(41)8-9-32(23,4)27(25)16-26(33)21(2)18-34/h20,22-23,25,27-28,31H,6-19H2,1-5H3,(H,35,42)(H,36,37,38,39)/t20-,22+,23+,25?,27-,28+,31-,32-,33?,34-/m0/s1. The van der Waals surface area contributed by atoms with Gasteiger partial charge in [0.25, 0.3) is 0 Å². The van der Waals surface area contributed by atoms with Crippen molar-refractivity contribution < 1.29 is 14.3 Å². The summed E-state index contributed by atoms with van der Waals surface area (Å²) in [6, 6.07) is 0.386. The normalized spacial score (nSPS) is 44.5. The molecule has 10 atom stereocenters. The van der Waals surface area contributed by atoms with Gasteiger partial charge in [-0.15, -0.1) is 5.10 Å². The highest BCUT2D eigenvalue weighted by Gasteiger charge is 2.63. The van der Waals surface area contributed by atoms with E-state index in [1.54, 1.807) is 11.1 Å². The molecule has 9 nitrogen and oxygen atoms in total. The Morgan fingerprint density at radius 2 is 1.98 bits per heavy atom. The second-order valence-electron chi connectivity index (χ2n) is 16.0. The highest BCUT2D eigenvalue weighted by Crippen LogP contribution is 2.69. The largest absolute Gasteiger partial charge is 0.369 e. The van der Waals surface area contributed by atoms with Crippen LogP contribution < -0.4 is 5.32 Å². The summed E-state index contributed by atoms with van der Waals surface area (Å²) >= 11 is 0. The zero-order chi connectivity index (χ0) is 30.1. The van der Waals surface area contributed by atoms with Gasteiger partial charge in [-0.25, -0.2) is 5.10 Å². The van der Waals surface area contributed by atoms with Gasteiger partial charge in [0.05, 0.1) is 18.1 Å². The van der Waals surface area contributed by atoms with E-state index in [-0.39, 0.29) is 29.4 Å². The third kappa shape index (κ3) is 4.82. The number of allylic oxidation sites excluding steroid dienone is 1. The van der Waals surface area contributed by atoms with Gasteiger partial charge in [0.2, 0.25) is 5.91 Å². The number of amides is 1. The lowest BCUT2D eigenvalue weighted by Crippen LogP contribution is -2.53. The minimum atomic E-state index is -0.113. The first-order valence-electron chi connectivity index (χ1n) is 17.1. The van der Waals surface area contributed by atoms with E-state index in [1.165, 1.54) is 25.7 Å². The number of hydrogen-bond acceptors (Lipinski definition) is 7. The van der Waals surface area contributed by atoms with E-state index < -0.39 is 0 Å². The van der Waals surface area contributed by atoms with Crippen molar-refractivity contribution in [2.45, 2.75) is 123 Å². The summed E-state index contributed by atoms with van der Waals surface area (Å²) in [5, 5.41) is 16.7. The van der Waals surface area contributed by atoms with Gasteiger partial charge in [-0.1, -0.05) is 38.8 Å². The highest BCUT2D eigenvalue weighted by atomic mass is 16.5. The van der Waals surface area contributed by atoms with Crippen LogP contribution in [-0.4, -0.2) is 74.6 Å². The molecule has 1 aromatic rings. The minimum Gasteiger partial charge on any atom is -0.369 e. The number of nitrogens with one attached hydrogen (secondary N) is 2. The van der Waals surface area contributed by atoms with Crippen molar-refractivity contribution in [3.05, 3.63) is 17.0 Å². The molecule has 5 fully saturated rings. The molecule has 2 saturated heterocycles. The number of aromatic nitrogens is 4. The Labute approximate surface area is 256 Å². The molecule has 9 heteroatoms. The van der Waals surface area contributed by atoms with Crippen molar-refractivity contribution in [2.24, 2.45) is 40.4 Å². The number of ketones is 1. The van der Waals surface area contributed by atoms with Crippen LogP contribution in [0, 0.1) is 40.4 Å². The summed E-state index contributed by atoms with van der Waals surface area (Å²) < 4.78 is 7.29. The molecule has 1 aromatic heterocycles. The van der Waals surface area contributed by atoms with Gasteiger partial charge < -0.3 is 10.1 Å². The fourth-order valence-corrected chi connectivity index (χ4v) is 11.5. The summed E-state index contributed by atoms with van der Waals surface area (Å²) in [6.07, 6.45) is 11.4. The predicted molar refractivity (Wildman–Crippen MR) is 163 cm³/mol. The lowest BCUT2D eigenvalue weighted by molar-refractivity contribution is -0.130. The second-order valence-corrected chi connectivity index (χ2v) is 16.0. The number of carbonyl (C=O) groups is 2. The van der Waals surface area contributed by atoms with Crippen LogP contribution in [0.1, 0.15) is 105 Å². The molecule has 4 aliphatic carbocycles. The maximum Gasteiger partial charge on any atom is 0.227 e. The lowest BCUT2D eigenvalue weighted by Gasteiger charge is -2.53. The molecule has 0 bridgehead atoms. The Morgan fingerprint density at radius 3 is 2.77 bits per heavy atom. The second kappa shape index (κ2) is 10.7.